The fraction of sp³-hybridized carbons (Fsp3) is 0.600. The summed E-state index contributed by atoms with van der Waals surface area (Å²) < 4.78 is 0. The van der Waals surface area contributed by atoms with E-state index in [0.717, 1.165) is 12.5 Å². The normalized spacial score (nSPS) is 15.0. The molecule has 5 nitrogen and oxygen atoms in total. The van der Waals surface area contributed by atoms with Crippen LogP contribution in [-0.4, -0.2) is 31.5 Å². The van der Waals surface area contributed by atoms with Crippen LogP contribution in [-0.2, 0) is 11.3 Å². The lowest BCUT2D eigenvalue weighted by atomic mass is 9.87. The predicted octanol–water partition coefficient (Wildman–Crippen LogP) is 3.45. The molecule has 0 unspecified atom stereocenters. The number of hydrogen-bond acceptors (Lipinski definition) is 2. The van der Waals surface area contributed by atoms with Crippen LogP contribution >= 0.6 is 24.0 Å². The molecule has 0 radical (unpaired) electrons. The summed E-state index contributed by atoms with van der Waals surface area (Å²) in [5.74, 6) is 1.55. The Morgan fingerprint density at radius 2 is 1.73 bits per heavy atom. The molecule has 3 N–H and O–H groups in total. The standard InChI is InChI=1S/C20H32N4O.HI/c1-2-21-20(24-16-18-11-7-4-8-12-18)23-14-13-22-19(25)15-17-9-5-3-6-10-17;/h4,7-8,11-12,17H,2-3,5-6,9-10,13-16H2,1H3,(H,22,25)(H2,21,23,24);1H. The molecule has 1 fully saturated rings. The van der Waals surface area contributed by atoms with Gasteiger partial charge in [0.25, 0.3) is 0 Å². The number of guanidine groups is 1. The molecule has 1 saturated carbocycles. The third kappa shape index (κ3) is 9.40. The van der Waals surface area contributed by atoms with Gasteiger partial charge in [-0.3, -0.25) is 4.79 Å². The number of halogens is 1. The van der Waals surface area contributed by atoms with Gasteiger partial charge < -0.3 is 16.0 Å². The molecule has 1 aliphatic carbocycles. The van der Waals surface area contributed by atoms with Crippen molar-refractivity contribution in [3.63, 3.8) is 0 Å². The lowest BCUT2D eigenvalue weighted by Gasteiger charge is -2.20. The van der Waals surface area contributed by atoms with Crippen LogP contribution in [0, 0.1) is 5.92 Å². The van der Waals surface area contributed by atoms with Crippen LogP contribution < -0.4 is 16.0 Å². The van der Waals surface area contributed by atoms with E-state index in [1.54, 1.807) is 0 Å². The average Bonchev–Trinajstić information content (AvgIpc) is 2.65. The van der Waals surface area contributed by atoms with Gasteiger partial charge in [0, 0.05) is 26.1 Å². The van der Waals surface area contributed by atoms with Crippen molar-refractivity contribution in [1.29, 1.82) is 0 Å². The molecule has 6 heteroatoms. The van der Waals surface area contributed by atoms with Gasteiger partial charge >= 0.3 is 0 Å². The largest absolute Gasteiger partial charge is 0.357 e. The van der Waals surface area contributed by atoms with Crippen molar-refractivity contribution in [2.45, 2.75) is 52.0 Å². The first-order valence-electron chi connectivity index (χ1n) is 9.60. The van der Waals surface area contributed by atoms with E-state index in [9.17, 15) is 4.79 Å². The van der Waals surface area contributed by atoms with Gasteiger partial charge in [-0.25, -0.2) is 4.99 Å². The number of rotatable bonds is 8. The molecular formula is C20H33IN4O. The highest BCUT2D eigenvalue weighted by Crippen LogP contribution is 2.25. The number of hydrogen-bond donors (Lipinski definition) is 3. The van der Waals surface area contributed by atoms with Gasteiger partial charge in [0.1, 0.15) is 0 Å². The van der Waals surface area contributed by atoms with Crippen LogP contribution in [0.1, 0.15) is 51.0 Å². The zero-order valence-electron chi connectivity index (χ0n) is 15.8. The highest BCUT2D eigenvalue weighted by atomic mass is 127. The molecule has 146 valence electrons. The maximum atomic E-state index is 12.0. The smallest absolute Gasteiger partial charge is 0.220 e. The minimum atomic E-state index is 0. The van der Waals surface area contributed by atoms with Gasteiger partial charge in [0.2, 0.25) is 5.91 Å². The topological polar surface area (TPSA) is 65.5 Å². The Balaban J connectivity index is 0.00000338. The Morgan fingerprint density at radius 1 is 1.04 bits per heavy atom. The second kappa shape index (κ2) is 13.8. The Kier molecular flexibility index (Phi) is 12.1. The first-order chi connectivity index (χ1) is 12.3. The van der Waals surface area contributed by atoms with Crippen LogP contribution in [0.15, 0.2) is 35.3 Å². The van der Waals surface area contributed by atoms with E-state index in [-0.39, 0.29) is 29.9 Å². The minimum Gasteiger partial charge on any atom is -0.357 e. The highest BCUT2D eigenvalue weighted by Gasteiger charge is 2.16. The Bertz CT molecular complexity index is 530. The summed E-state index contributed by atoms with van der Waals surface area (Å²) in [5.41, 5.74) is 1.18. The Labute approximate surface area is 174 Å². The average molecular weight is 472 g/mol. The third-order valence-corrected chi connectivity index (χ3v) is 4.55. The van der Waals surface area contributed by atoms with Crippen LogP contribution in [0.2, 0.25) is 0 Å². The monoisotopic (exact) mass is 472 g/mol. The second-order valence-corrected chi connectivity index (χ2v) is 6.67. The second-order valence-electron chi connectivity index (χ2n) is 6.67. The van der Waals surface area contributed by atoms with E-state index in [4.69, 9.17) is 0 Å². The van der Waals surface area contributed by atoms with Crippen LogP contribution in [0.4, 0.5) is 0 Å². The zero-order valence-corrected chi connectivity index (χ0v) is 18.1. The first-order valence-corrected chi connectivity index (χ1v) is 9.60. The summed E-state index contributed by atoms with van der Waals surface area (Å²) in [6.45, 7) is 4.81. The number of carbonyl (C=O) groups is 1. The van der Waals surface area contributed by atoms with Gasteiger partial charge in [0.05, 0.1) is 6.54 Å². The molecule has 1 aromatic rings. The van der Waals surface area contributed by atoms with Crippen molar-refractivity contribution in [2.75, 3.05) is 19.6 Å². The molecule has 1 amide bonds. The van der Waals surface area contributed by atoms with Crippen molar-refractivity contribution in [3.8, 4) is 0 Å². The number of benzene rings is 1. The predicted molar refractivity (Wildman–Crippen MR) is 119 cm³/mol. The molecule has 26 heavy (non-hydrogen) atoms. The van der Waals surface area contributed by atoms with Crippen LogP contribution in [0.5, 0.6) is 0 Å². The third-order valence-electron chi connectivity index (χ3n) is 4.55. The Hall–Kier alpha value is -1.31. The first kappa shape index (κ1) is 22.7. The number of carbonyl (C=O) groups excluding carboxylic acids is 1. The number of nitrogens with one attached hydrogen (secondary N) is 3. The van der Waals surface area contributed by atoms with Crippen molar-refractivity contribution >= 4 is 35.8 Å². The number of nitrogens with zero attached hydrogens (tertiary/aromatic N) is 1. The van der Waals surface area contributed by atoms with Crippen molar-refractivity contribution in [3.05, 3.63) is 35.9 Å². The summed E-state index contributed by atoms with van der Waals surface area (Å²) in [4.78, 5) is 16.6. The van der Waals surface area contributed by atoms with Crippen molar-refractivity contribution in [1.82, 2.24) is 16.0 Å². The molecule has 0 saturated heterocycles. The van der Waals surface area contributed by atoms with E-state index < -0.39 is 0 Å². The number of aliphatic imine (C=N–C) groups is 1. The maximum absolute atomic E-state index is 12.0. The van der Waals surface area contributed by atoms with E-state index in [0.29, 0.717) is 32.0 Å². The summed E-state index contributed by atoms with van der Waals surface area (Å²) in [5, 5.41) is 9.52. The zero-order chi connectivity index (χ0) is 17.7. The number of amides is 1. The van der Waals surface area contributed by atoms with Crippen LogP contribution in [0.3, 0.4) is 0 Å². The lowest BCUT2D eigenvalue weighted by Crippen LogP contribution is -2.41. The van der Waals surface area contributed by atoms with Crippen LogP contribution in [0.25, 0.3) is 0 Å². The molecule has 0 aliphatic heterocycles. The summed E-state index contributed by atoms with van der Waals surface area (Å²) in [6, 6.07) is 10.2. The SMILES string of the molecule is CCNC(=NCc1ccccc1)NCCNC(=O)CC1CCCCC1.I. The molecule has 1 aromatic carbocycles. The molecule has 2 rings (SSSR count). The van der Waals surface area contributed by atoms with E-state index >= 15 is 0 Å². The van der Waals surface area contributed by atoms with E-state index in [2.05, 4.69) is 33.1 Å². The van der Waals surface area contributed by atoms with Gasteiger partial charge in [-0.1, -0.05) is 49.6 Å². The minimum absolute atomic E-state index is 0. The van der Waals surface area contributed by atoms with Gasteiger partial charge in [-0.2, -0.15) is 0 Å². The molecule has 0 bridgehead atoms. The maximum Gasteiger partial charge on any atom is 0.220 e. The van der Waals surface area contributed by atoms with Gasteiger partial charge in [0.15, 0.2) is 5.96 Å². The van der Waals surface area contributed by atoms with Crippen molar-refractivity contribution in [2.24, 2.45) is 10.9 Å². The van der Waals surface area contributed by atoms with E-state index in [1.165, 1.54) is 37.7 Å². The fourth-order valence-electron chi connectivity index (χ4n) is 3.20. The summed E-state index contributed by atoms with van der Waals surface area (Å²) >= 11 is 0. The summed E-state index contributed by atoms with van der Waals surface area (Å²) in [6.07, 6.45) is 7.00. The molecule has 0 heterocycles. The Morgan fingerprint density at radius 3 is 2.42 bits per heavy atom. The molecule has 0 spiro atoms. The van der Waals surface area contributed by atoms with Gasteiger partial charge in [-0.05, 0) is 31.2 Å². The fourth-order valence-corrected chi connectivity index (χ4v) is 3.20. The van der Waals surface area contributed by atoms with E-state index in [1.807, 2.05) is 25.1 Å². The highest BCUT2D eigenvalue weighted by molar-refractivity contribution is 14.0. The quantitative estimate of drug-likeness (QED) is 0.235. The molecule has 1 aliphatic rings. The van der Waals surface area contributed by atoms with Crippen molar-refractivity contribution < 1.29 is 4.79 Å². The van der Waals surface area contributed by atoms with Gasteiger partial charge in [-0.15, -0.1) is 24.0 Å². The molecular weight excluding hydrogens is 439 g/mol. The lowest BCUT2D eigenvalue weighted by molar-refractivity contribution is -0.122. The molecule has 0 aromatic heterocycles. The summed E-state index contributed by atoms with van der Waals surface area (Å²) in [7, 11) is 0. The molecule has 0 atom stereocenters.